The van der Waals surface area contributed by atoms with E-state index in [1.165, 1.54) is 7.11 Å². The molecule has 0 spiro atoms. The Labute approximate surface area is 175 Å². The third-order valence-corrected chi connectivity index (χ3v) is 5.13. The second kappa shape index (κ2) is 8.31. The molecular formula is C22H20N4O5. The van der Waals surface area contributed by atoms with Gasteiger partial charge in [-0.15, -0.1) is 0 Å². The molecule has 4 rings (SSSR count). The van der Waals surface area contributed by atoms with Crippen molar-refractivity contribution in [3.63, 3.8) is 0 Å². The highest BCUT2D eigenvalue weighted by Crippen LogP contribution is 2.19. The van der Waals surface area contributed by atoms with Crippen LogP contribution in [0.2, 0.25) is 0 Å². The van der Waals surface area contributed by atoms with E-state index < -0.39 is 29.2 Å². The van der Waals surface area contributed by atoms with Crippen LogP contribution in [0.5, 0.6) is 0 Å². The highest BCUT2D eigenvalue weighted by Gasteiger charge is 2.24. The standard InChI is InChI=1S/C22H20N4O5/c1-31-21(29)17(10-13-11-23-16-8-4-2-6-14(13)16)24-19(27)12-26-18-9-5-3-7-15(18)20(28)25-22(26)30/h2-9,11,17,23H,10,12H2,1H3,(H,24,27)(H,25,28,30). The van der Waals surface area contributed by atoms with Gasteiger partial charge < -0.3 is 15.0 Å². The number of nitrogens with one attached hydrogen (secondary N) is 3. The van der Waals surface area contributed by atoms with E-state index in [-0.39, 0.29) is 13.0 Å². The fourth-order valence-electron chi connectivity index (χ4n) is 3.64. The summed E-state index contributed by atoms with van der Waals surface area (Å²) in [7, 11) is 1.25. The van der Waals surface area contributed by atoms with Crippen molar-refractivity contribution in [2.75, 3.05) is 7.11 Å². The van der Waals surface area contributed by atoms with Crippen LogP contribution in [0.25, 0.3) is 21.8 Å². The van der Waals surface area contributed by atoms with Crippen molar-refractivity contribution in [1.29, 1.82) is 0 Å². The summed E-state index contributed by atoms with van der Waals surface area (Å²) in [6, 6.07) is 13.2. The average molecular weight is 420 g/mol. The largest absolute Gasteiger partial charge is 0.467 e. The molecule has 0 fully saturated rings. The van der Waals surface area contributed by atoms with Gasteiger partial charge in [-0.2, -0.15) is 0 Å². The molecule has 3 N–H and O–H groups in total. The molecule has 0 saturated heterocycles. The molecule has 1 atom stereocenters. The predicted octanol–water partition coefficient (Wildman–Crippen LogP) is 1.07. The number of fused-ring (bicyclic) bond motifs is 2. The van der Waals surface area contributed by atoms with Gasteiger partial charge in [-0.3, -0.25) is 19.1 Å². The third-order valence-electron chi connectivity index (χ3n) is 5.13. The third kappa shape index (κ3) is 3.97. The lowest BCUT2D eigenvalue weighted by molar-refractivity contribution is -0.145. The van der Waals surface area contributed by atoms with Crippen LogP contribution in [-0.4, -0.2) is 39.6 Å². The van der Waals surface area contributed by atoms with Crippen molar-refractivity contribution in [3.05, 3.63) is 81.1 Å². The topological polar surface area (TPSA) is 126 Å². The van der Waals surface area contributed by atoms with Crippen LogP contribution in [0.1, 0.15) is 5.56 Å². The summed E-state index contributed by atoms with van der Waals surface area (Å²) < 4.78 is 6.01. The molecule has 158 valence electrons. The molecule has 2 heterocycles. The lowest BCUT2D eigenvalue weighted by Crippen LogP contribution is -2.45. The number of amides is 1. The Kier molecular flexibility index (Phi) is 5.40. The number of hydrogen-bond acceptors (Lipinski definition) is 5. The van der Waals surface area contributed by atoms with E-state index in [0.29, 0.717) is 10.9 Å². The summed E-state index contributed by atoms with van der Waals surface area (Å²) in [4.78, 5) is 54.7. The van der Waals surface area contributed by atoms with E-state index in [1.54, 1.807) is 30.5 Å². The van der Waals surface area contributed by atoms with Gasteiger partial charge in [0.25, 0.3) is 5.56 Å². The highest BCUT2D eigenvalue weighted by molar-refractivity contribution is 5.88. The molecule has 31 heavy (non-hydrogen) atoms. The highest BCUT2D eigenvalue weighted by atomic mass is 16.5. The van der Waals surface area contributed by atoms with E-state index in [4.69, 9.17) is 4.74 Å². The summed E-state index contributed by atoms with van der Waals surface area (Å²) in [6.45, 7) is -0.364. The molecule has 1 unspecified atom stereocenters. The van der Waals surface area contributed by atoms with Crippen molar-refractivity contribution in [1.82, 2.24) is 19.9 Å². The number of hydrogen-bond donors (Lipinski definition) is 3. The van der Waals surface area contributed by atoms with Gasteiger partial charge in [0.1, 0.15) is 12.6 Å². The van der Waals surface area contributed by atoms with Gasteiger partial charge in [0.15, 0.2) is 0 Å². The van der Waals surface area contributed by atoms with Crippen molar-refractivity contribution in [2.24, 2.45) is 0 Å². The molecule has 0 aliphatic heterocycles. The number of carbonyl (C=O) groups is 2. The lowest BCUT2D eigenvalue weighted by Gasteiger charge is -2.17. The molecule has 0 saturated carbocycles. The molecule has 0 bridgehead atoms. The summed E-state index contributed by atoms with van der Waals surface area (Å²) in [5.41, 5.74) is 0.864. The molecule has 1 amide bonds. The van der Waals surface area contributed by atoms with Crippen LogP contribution in [0.3, 0.4) is 0 Å². The first kappa shape index (κ1) is 20.1. The predicted molar refractivity (Wildman–Crippen MR) is 115 cm³/mol. The van der Waals surface area contributed by atoms with Crippen molar-refractivity contribution in [3.8, 4) is 0 Å². The molecule has 9 heteroatoms. The fourth-order valence-corrected chi connectivity index (χ4v) is 3.64. The number of aromatic nitrogens is 3. The molecule has 2 aromatic carbocycles. The maximum absolute atomic E-state index is 12.7. The van der Waals surface area contributed by atoms with Gasteiger partial charge >= 0.3 is 11.7 Å². The van der Waals surface area contributed by atoms with Crippen LogP contribution in [0, 0.1) is 0 Å². The summed E-state index contributed by atoms with van der Waals surface area (Å²) in [5, 5.41) is 3.88. The van der Waals surface area contributed by atoms with Gasteiger partial charge in [-0.05, 0) is 23.8 Å². The number of nitrogens with zero attached hydrogens (tertiary/aromatic N) is 1. The normalized spacial score (nSPS) is 12.0. The van der Waals surface area contributed by atoms with E-state index in [9.17, 15) is 19.2 Å². The number of rotatable bonds is 6. The minimum absolute atomic E-state index is 0.212. The smallest absolute Gasteiger partial charge is 0.329 e. The van der Waals surface area contributed by atoms with E-state index in [0.717, 1.165) is 21.0 Å². The second-order valence-corrected chi connectivity index (χ2v) is 7.07. The number of para-hydroxylation sites is 2. The van der Waals surface area contributed by atoms with Crippen LogP contribution in [-0.2, 0) is 27.3 Å². The molecule has 0 radical (unpaired) electrons. The quantitative estimate of drug-likeness (QED) is 0.402. The Morgan fingerprint density at radius 1 is 1.06 bits per heavy atom. The first-order valence-corrected chi connectivity index (χ1v) is 9.62. The van der Waals surface area contributed by atoms with Gasteiger partial charge in [-0.25, -0.2) is 9.59 Å². The number of esters is 1. The Bertz CT molecular complexity index is 1400. The van der Waals surface area contributed by atoms with Gasteiger partial charge in [0.2, 0.25) is 5.91 Å². The average Bonchev–Trinajstić information content (AvgIpc) is 3.18. The minimum atomic E-state index is -0.943. The molecular weight excluding hydrogens is 400 g/mol. The van der Waals surface area contributed by atoms with Gasteiger partial charge in [-0.1, -0.05) is 30.3 Å². The molecule has 0 aliphatic rings. The number of ether oxygens (including phenoxy) is 1. The number of aromatic amines is 2. The molecule has 4 aromatic rings. The summed E-state index contributed by atoms with van der Waals surface area (Å²) >= 11 is 0. The van der Waals surface area contributed by atoms with Gasteiger partial charge in [0, 0.05) is 23.5 Å². The monoisotopic (exact) mass is 420 g/mol. The summed E-state index contributed by atoms with van der Waals surface area (Å²) in [6.07, 6.45) is 2.00. The van der Waals surface area contributed by atoms with Crippen molar-refractivity contribution < 1.29 is 14.3 Å². The first-order valence-electron chi connectivity index (χ1n) is 9.62. The number of carbonyl (C=O) groups excluding carboxylic acids is 2. The molecule has 0 aliphatic carbocycles. The summed E-state index contributed by atoms with van der Waals surface area (Å²) in [5.74, 6) is -1.16. The zero-order valence-corrected chi connectivity index (χ0v) is 16.7. The maximum Gasteiger partial charge on any atom is 0.329 e. The second-order valence-electron chi connectivity index (χ2n) is 7.07. The zero-order chi connectivity index (χ0) is 22.0. The van der Waals surface area contributed by atoms with Crippen molar-refractivity contribution >= 4 is 33.7 Å². The number of methoxy groups -OCH3 is 1. The van der Waals surface area contributed by atoms with Gasteiger partial charge in [0.05, 0.1) is 18.0 Å². The minimum Gasteiger partial charge on any atom is -0.467 e. The maximum atomic E-state index is 12.7. The van der Waals surface area contributed by atoms with Crippen LogP contribution >= 0.6 is 0 Å². The van der Waals surface area contributed by atoms with Crippen LogP contribution < -0.4 is 16.6 Å². The van der Waals surface area contributed by atoms with Crippen LogP contribution in [0.4, 0.5) is 0 Å². The first-order chi connectivity index (χ1) is 15.0. The van der Waals surface area contributed by atoms with E-state index in [1.807, 2.05) is 24.3 Å². The number of benzene rings is 2. The van der Waals surface area contributed by atoms with Crippen molar-refractivity contribution in [2.45, 2.75) is 19.0 Å². The van der Waals surface area contributed by atoms with Crippen LogP contribution in [0.15, 0.2) is 64.3 Å². The lowest BCUT2D eigenvalue weighted by atomic mass is 10.0. The SMILES string of the molecule is COC(=O)C(Cc1c[nH]c2ccccc12)NC(=O)Cn1c(=O)[nH]c(=O)c2ccccc21. The fraction of sp³-hybridized carbons (Fsp3) is 0.182. The Balaban J connectivity index is 1.59. The Hall–Kier alpha value is -4.14. The Morgan fingerprint density at radius 3 is 2.55 bits per heavy atom. The van der Waals surface area contributed by atoms with E-state index >= 15 is 0 Å². The molecule has 2 aromatic heterocycles. The molecule has 9 nitrogen and oxygen atoms in total. The van der Waals surface area contributed by atoms with E-state index in [2.05, 4.69) is 15.3 Å². The Morgan fingerprint density at radius 2 is 1.77 bits per heavy atom. The number of H-pyrrole nitrogens is 2. The zero-order valence-electron chi connectivity index (χ0n) is 16.7.